The fourth-order valence-corrected chi connectivity index (χ4v) is 3.19. The average Bonchev–Trinajstić information content (AvgIpc) is 2.70. The molecule has 0 aromatic heterocycles. The lowest BCUT2D eigenvalue weighted by Crippen LogP contribution is -2.51. The standard InChI is InChI=1S/C21H27FN4O3/c1-14(2)9-19(20(27)24-7-6-23)25-21(28)26-8-4-5-15(13-26)16-10-17(22)12-18(11-16)29-3/h10-14,19H,4-5,7-9H2,1-3H3,(H,24,27)(H,25,28). The normalized spacial score (nSPS) is 14.6. The minimum Gasteiger partial charge on any atom is -0.497 e. The number of hydrogen-bond acceptors (Lipinski definition) is 4. The summed E-state index contributed by atoms with van der Waals surface area (Å²) in [7, 11) is 1.47. The summed E-state index contributed by atoms with van der Waals surface area (Å²) in [5.41, 5.74) is 1.48. The molecule has 2 N–H and O–H groups in total. The minimum atomic E-state index is -0.733. The SMILES string of the molecule is COc1cc(F)cc(C2=CN(C(=O)NC(CC(C)C)C(=O)NCC#N)CCC2)c1. The number of urea groups is 1. The Morgan fingerprint density at radius 1 is 1.34 bits per heavy atom. The van der Waals surface area contributed by atoms with E-state index in [0.29, 0.717) is 37.1 Å². The Labute approximate surface area is 170 Å². The number of carbonyl (C=O) groups is 2. The van der Waals surface area contributed by atoms with Gasteiger partial charge in [-0.25, -0.2) is 9.18 Å². The Kier molecular flexibility index (Phi) is 8.01. The molecular weight excluding hydrogens is 375 g/mol. The molecule has 0 saturated heterocycles. The number of benzene rings is 1. The lowest BCUT2D eigenvalue weighted by molar-refractivity contribution is -0.123. The van der Waals surface area contributed by atoms with Crippen LogP contribution in [0.2, 0.25) is 0 Å². The number of carbonyl (C=O) groups excluding carboxylic acids is 2. The summed E-state index contributed by atoms with van der Waals surface area (Å²) in [6.45, 7) is 4.29. The predicted molar refractivity (Wildman–Crippen MR) is 107 cm³/mol. The molecule has 0 spiro atoms. The van der Waals surface area contributed by atoms with E-state index < -0.39 is 17.9 Å². The van der Waals surface area contributed by atoms with Gasteiger partial charge in [0.15, 0.2) is 0 Å². The highest BCUT2D eigenvalue weighted by Crippen LogP contribution is 2.28. The summed E-state index contributed by atoms with van der Waals surface area (Å²) in [6.07, 6.45) is 3.56. The van der Waals surface area contributed by atoms with Gasteiger partial charge in [0.05, 0.1) is 13.2 Å². The quantitative estimate of drug-likeness (QED) is 0.686. The third kappa shape index (κ3) is 6.49. The first-order valence-electron chi connectivity index (χ1n) is 9.61. The molecule has 1 aliphatic heterocycles. The summed E-state index contributed by atoms with van der Waals surface area (Å²) in [5.74, 6) is -0.202. The van der Waals surface area contributed by atoms with Gasteiger partial charge in [-0.05, 0) is 48.4 Å². The van der Waals surface area contributed by atoms with Crippen LogP contribution in [0.1, 0.15) is 38.7 Å². The van der Waals surface area contributed by atoms with Crippen molar-refractivity contribution in [1.82, 2.24) is 15.5 Å². The fourth-order valence-electron chi connectivity index (χ4n) is 3.19. The van der Waals surface area contributed by atoms with Crippen LogP contribution in [0.25, 0.3) is 5.57 Å². The van der Waals surface area contributed by atoms with Crippen LogP contribution in [0.3, 0.4) is 0 Å². The molecule has 0 radical (unpaired) electrons. The molecule has 2 rings (SSSR count). The van der Waals surface area contributed by atoms with Crippen molar-refractivity contribution in [2.45, 2.75) is 39.2 Å². The molecule has 156 valence electrons. The predicted octanol–water partition coefficient (Wildman–Crippen LogP) is 3.04. The van der Waals surface area contributed by atoms with E-state index in [0.717, 1.165) is 5.57 Å². The Bertz CT molecular complexity index is 817. The first-order chi connectivity index (χ1) is 13.8. The molecule has 1 aromatic rings. The highest BCUT2D eigenvalue weighted by atomic mass is 19.1. The highest BCUT2D eigenvalue weighted by molar-refractivity contribution is 5.88. The van der Waals surface area contributed by atoms with E-state index in [1.165, 1.54) is 24.1 Å². The van der Waals surface area contributed by atoms with Gasteiger partial charge in [-0.15, -0.1) is 0 Å². The van der Waals surface area contributed by atoms with Crippen LogP contribution >= 0.6 is 0 Å². The Morgan fingerprint density at radius 2 is 2.10 bits per heavy atom. The van der Waals surface area contributed by atoms with Gasteiger partial charge in [-0.1, -0.05) is 13.8 Å². The number of rotatable bonds is 7. The van der Waals surface area contributed by atoms with Gasteiger partial charge in [-0.2, -0.15) is 5.26 Å². The number of hydrogen-bond donors (Lipinski definition) is 2. The molecule has 29 heavy (non-hydrogen) atoms. The van der Waals surface area contributed by atoms with E-state index in [4.69, 9.17) is 10.00 Å². The smallest absolute Gasteiger partial charge is 0.322 e. The third-order valence-corrected chi connectivity index (χ3v) is 4.56. The number of ether oxygens (including phenoxy) is 1. The van der Waals surface area contributed by atoms with Crippen LogP contribution in [0.4, 0.5) is 9.18 Å². The molecule has 0 saturated carbocycles. The second kappa shape index (κ2) is 10.5. The molecule has 1 atom stereocenters. The topological polar surface area (TPSA) is 94.5 Å². The first-order valence-corrected chi connectivity index (χ1v) is 9.61. The van der Waals surface area contributed by atoms with Gasteiger partial charge in [-0.3, -0.25) is 4.79 Å². The van der Waals surface area contributed by atoms with Crippen molar-refractivity contribution in [1.29, 1.82) is 5.26 Å². The third-order valence-electron chi connectivity index (χ3n) is 4.56. The Hall–Kier alpha value is -3.08. The zero-order valence-corrected chi connectivity index (χ0v) is 17.0. The van der Waals surface area contributed by atoms with E-state index in [2.05, 4.69) is 10.6 Å². The Balaban J connectivity index is 2.16. The average molecular weight is 402 g/mol. The van der Waals surface area contributed by atoms with Crippen molar-refractivity contribution >= 4 is 17.5 Å². The van der Waals surface area contributed by atoms with E-state index in [9.17, 15) is 14.0 Å². The number of amides is 3. The summed E-state index contributed by atoms with van der Waals surface area (Å²) in [4.78, 5) is 26.5. The van der Waals surface area contributed by atoms with Crippen molar-refractivity contribution in [3.8, 4) is 11.8 Å². The van der Waals surface area contributed by atoms with Crippen molar-refractivity contribution in [2.75, 3.05) is 20.2 Å². The number of allylic oxidation sites excluding steroid dienone is 1. The van der Waals surface area contributed by atoms with Gasteiger partial charge in [0, 0.05) is 18.8 Å². The monoisotopic (exact) mass is 402 g/mol. The van der Waals surface area contributed by atoms with Crippen LogP contribution in [-0.2, 0) is 4.79 Å². The molecule has 1 heterocycles. The van der Waals surface area contributed by atoms with Gasteiger partial charge in [0.25, 0.3) is 0 Å². The number of methoxy groups -OCH3 is 1. The maximum Gasteiger partial charge on any atom is 0.322 e. The summed E-state index contributed by atoms with van der Waals surface area (Å²) in [5, 5.41) is 13.9. The van der Waals surface area contributed by atoms with Crippen LogP contribution in [0.5, 0.6) is 5.75 Å². The first kappa shape index (κ1) is 22.2. The highest BCUT2D eigenvalue weighted by Gasteiger charge is 2.25. The molecule has 7 nitrogen and oxygen atoms in total. The summed E-state index contributed by atoms with van der Waals surface area (Å²) < 4.78 is 19.0. The molecule has 0 fully saturated rings. The van der Waals surface area contributed by atoms with Gasteiger partial charge in [0.2, 0.25) is 5.91 Å². The zero-order valence-electron chi connectivity index (χ0n) is 17.0. The molecular formula is C21H27FN4O3. The van der Waals surface area contributed by atoms with Gasteiger partial charge in [0.1, 0.15) is 24.2 Å². The van der Waals surface area contributed by atoms with E-state index in [1.807, 2.05) is 19.9 Å². The van der Waals surface area contributed by atoms with E-state index >= 15 is 0 Å². The fraction of sp³-hybridized carbons (Fsp3) is 0.476. The summed E-state index contributed by atoms with van der Waals surface area (Å²) >= 11 is 0. The lowest BCUT2D eigenvalue weighted by atomic mass is 9.99. The molecule has 3 amide bonds. The van der Waals surface area contributed by atoms with Crippen LogP contribution in [-0.4, -0.2) is 43.1 Å². The lowest BCUT2D eigenvalue weighted by Gasteiger charge is -2.28. The molecule has 1 aliphatic rings. The largest absolute Gasteiger partial charge is 0.497 e. The van der Waals surface area contributed by atoms with Crippen molar-refractivity contribution in [3.63, 3.8) is 0 Å². The van der Waals surface area contributed by atoms with Crippen molar-refractivity contribution in [3.05, 3.63) is 35.8 Å². The van der Waals surface area contributed by atoms with Gasteiger partial charge >= 0.3 is 6.03 Å². The van der Waals surface area contributed by atoms with Crippen LogP contribution in [0, 0.1) is 23.1 Å². The minimum absolute atomic E-state index is 0.113. The van der Waals surface area contributed by atoms with E-state index in [1.54, 1.807) is 12.3 Å². The maximum atomic E-state index is 13.8. The number of nitriles is 1. The molecule has 0 aliphatic carbocycles. The molecule has 0 bridgehead atoms. The molecule has 8 heteroatoms. The van der Waals surface area contributed by atoms with Crippen LogP contribution in [0.15, 0.2) is 24.4 Å². The number of nitrogens with one attached hydrogen (secondary N) is 2. The van der Waals surface area contributed by atoms with Gasteiger partial charge < -0.3 is 20.3 Å². The number of halogens is 1. The molecule has 1 unspecified atom stereocenters. The van der Waals surface area contributed by atoms with E-state index in [-0.39, 0.29) is 18.4 Å². The second-order valence-corrected chi connectivity index (χ2v) is 7.34. The van der Waals surface area contributed by atoms with Crippen LogP contribution < -0.4 is 15.4 Å². The Morgan fingerprint density at radius 3 is 2.76 bits per heavy atom. The molecule has 1 aromatic carbocycles. The summed E-state index contributed by atoms with van der Waals surface area (Å²) in [6, 6.07) is 5.16. The maximum absolute atomic E-state index is 13.8. The number of nitrogens with zero attached hydrogens (tertiary/aromatic N) is 2. The zero-order chi connectivity index (χ0) is 21.4. The second-order valence-electron chi connectivity index (χ2n) is 7.34. The van der Waals surface area contributed by atoms with Crippen molar-refractivity contribution < 1.29 is 18.7 Å². The van der Waals surface area contributed by atoms with Crippen molar-refractivity contribution in [2.24, 2.45) is 5.92 Å².